The average molecular weight is 865 g/mol. The van der Waals surface area contributed by atoms with Crippen molar-refractivity contribution in [3.8, 4) is 28.1 Å². The van der Waals surface area contributed by atoms with Gasteiger partial charge in [-0.05, 0) is 90.3 Å². The zero-order valence-corrected chi connectivity index (χ0v) is 37.7. The summed E-state index contributed by atoms with van der Waals surface area (Å²) in [6.45, 7) is 13.2. The molecule has 0 saturated carbocycles. The number of imidazole rings is 2. The van der Waals surface area contributed by atoms with Crippen LogP contribution in [0.3, 0.4) is 0 Å². The molecule has 4 N–H and O–H groups in total. The predicted octanol–water partition coefficient (Wildman–Crippen LogP) is 7.48. The number of hydrogen-bond donors (Lipinski definition) is 4. The number of methoxy groups -OCH3 is 3. The maximum atomic E-state index is 14.0. The molecule has 2 aromatic heterocycles. The number of ether oxygens (including phenoxy) is 4. The summed E-state index contributed by atoms with van der Waals surface area (Å²) in [4.78, 5) is 72.7. The first-order chi connectivity index (χ1) is 30.2. The fraction of sp³-hybridized carbons (Fsp3) is 0.489. The molecule has 3 aromatic carbocycles. The van der Waals surface area contributed by atoms with Crippen molar-refractivity contribution in [1.29, 1.82) is 0 Å². The van der Waals surface area contributed by atoms with Crippen molar-refractivity contribution in [2.75, 3.05) is 34.5 Å². The van der Waals surface area contributed by atoms with Gasteiger partial charge in [-0.3, -0.25) is 9.59 Å². The molecule has 7 rings (SSSR count). The van der Waals surface area contributed by atoms with Gasteiger partial charge < -0.3 is 49.3 Å². The van der Waals surface area contributed by atoms with Crippen LogP contribution < -0.4 is 15.4 Å². The number of alkyl carbamates (subject to hydrolysis) is 2. The number of aromatic nitrogens is 4. The Morgan fingerprint density at radius 1 is 0.921 bits per heavy atom. The second kappa shape index (κ2) is 19.1. The Morgan fingerprint density at radius 2 is 1.65 bits per heavy atom. The van der Waals surface area contributed by atoms with Crippen LogP contribution in [0.1, 0.15) is 84.1 Å². The molecule has 0 spiro atoms. The molecule has 0 radical (unpaired) electrons. The molecule has 5 atom stereocenters. The van der Waals surface area contributed by atoms with E-state index in [1.165, 1.54) is 14.2 Å². The van der Waals surface area contributed by atoms with Crippen LogP contribution in [-0.2, 0) is 37.0 Å². The number of carbonyl (C=O) groups is 4. The van der Waals surface area contributed by atoms with Gasteiger partial charge >= 0.3 is 12.2 Å². The van der Waals surface area contributed by atoms with Crippen LogP contribution in [-0.4, -0.2) is 106 Å². The van der Waals surface area contributed by atoms with E-state index in [1.807, 2.05) is 45.6 Å². The topological polar surface area (TPSA) is 193 Å². The van der Waals surface area contributed by atoms with Gasteiger partial charge in [-0.15, -0.1) is 0 Å². The number of hydrogen-bond acceptors (Lipinski definition) is 10. The van der Waals surface area contributed by atoms with Gasteiger partial charge in [0, 0.05) is 30.6 Å². The molecule has 16 heteroatoms. The van der Waals surface area contributed by atoms with Crippen molar-refractivity contribution in [1.82, 2.24) is 40.4 Å². The summed E-state index contributed by atoms with van der Waals surface area (Å²) in [6, 6.07) is 12.7. The van der Waals surface area contributed by atoms with Crippen molar-refractivity contribution in [2.45, 2.75) is 98.1 Å². The number of aromatic amines is 2. The third kappa shape index (κ3) is 9.31. The van der Waals surface area contributed by atoms with Crippen LogP contribution in [0.4, 0.5) is 9.59 Å². The van der Waals surface area contributed by atoms with Gasteiger partial charge in [0.25, 0.3) is 0 Å². The Kier molecular flexibility index (Phi) is 13.6. The van der Waals surface area contributed by atoms with Crippen molar-refractivity contribution in [2.24, 2.45) is 17.8 Å². The summed E-state index contributed by atoms with van der Waals surface area (Å²) < 4.78 is 21.5. The Morgan fingerprint density at radius 3 is 2.33 bits per heavy atom. The number of carbonyl (C=O) groups excluding carboxylic acids is 4. The van der Waals surface area contributed by atoms with E-state index in [-0.39, 0.29) is 48.2 Å². The third-order valence-corrected chi connectivity index (χ3v) is 12.4. The van der Waals surface area contributed by atoms with E-state index in [4.69, 9.17) is 23.9 Å². The van der Waals surface area contributed by atoms with Crippen molar-refractivity contribution < 1.29 is 38.1 Å². The SMILES string of the molecule is CCC(COC)CN(Cc1ncc(-c2ccc3c(c2)COc2cc4c(ccc5[nH]c([C@@H]6CCC(C)N6C(=O)[C@@H](NC(=O)OC)C(C)C)nc54)cc2-3)[nH]1)C(=O)[C@@H](NC(=O)OC)C(C)C. The van der Waals surface area contributed by atoms with E-state index in [2.05, 4.69) is 68.9 Å². The highest BCUT2D eigenvalue weighted by molar-refractivity contribution is 6.07. The lowest BCUT2D eigenvalue weighted by atomic mass is 9.92. The van der Waals surface area contributed by atoms with E-state index in [0.717, 1.165) is 74.8 Å². The highest BCUT2D eigenvalue weighted by Crippen LogP contribution is 2.43. The standard InChI is InChI=1S/C47H60N8O8/c1-10-28(23-60-7)21-54(44(56)40(25(2)3)52-46(58)61-8)22-39-48-20-36(49-39)30-12-14-32-31(17-30)24-63-38-19-33-29(18-34(32)38)13-15-35-42(33)51-43(50-35)37-16-11-27(6)55(37)45(57)41(26(4)5)53-47(59)62-9/h12-15,17-20,25-28,37,40-41H,10-11,16,21-24H2,1-9H3,(H,48,49)(H,50,51)(H,52,58)(H,53,59)/t27?,28?,37-,40-,41-/m0/s1. The molecule has 2 aliphatic heterocycles. The van der Waals surface area contributed by atoms with Gasteiger partial charge in [-0.2, -0.15) is 0 Å². The fourth-order valence-electron chi connectivity index (χ4n) is 8.86. The number of likely N-dealkylation sites (tertiary alicyclic amines) is 1. The Bertz CT molecular complexity index is 2480. The summed E-state index contributed by atoms with van der Waals surface area (Å²) in [7, 11) is 4.22. The lowest BCUT2D eigenvalue weighted by molar-refractivity contribution is -0.137. The van der Waals surface area contributed by atoms with Gasteiger partial charge in [0.2, 0.25) is 11.8 Å². The molecule has 0 bridgehead atoms. The molecule has 5 aromatic rings. The molecular formula is C47H60N8O8. The molecule has 2 aliphatic rings. The highest BCUT2D eigenvalue weighted by atomic mass is 16.5. The summed E-state index contributed by atoms with van der Waals surface area (Å²) >= 11 is 0. The highest BCUT2D eigenvalue weighted by Gasteiger charge is 2.41. The van der Waals surface area contributed by atoms with Crippen LogP contribution in [0.2, 0.25) is 0 Å². The number of nitrogens with one attached hydrogen (secondary N) is 4. The maximum Gasteiger partial charge on any atom is 0.407 e. The van der Waals surface area contributed by atoms with Gasteiger partial charge in [0.1, 0.15) is 36.1 Å². The zero-order chi connectivity index (χ0) is 45.1. The minimum atomic E-state index is -0.777. The molecule has 4 amide bonds. The minimum absolute atomic E-state index is 0.0312. The summed E-state index contributed by atoms with van der Waals surface area (Å²) in [6.07, 6.45) is 2.84. The number of nitrogens with zero attached hydrogens (tertiary/aromatic N) is 4. The first-order valence-electron chi connectivity index (χ1n) is 21.8. The number of amides is 4. The van der Waals surface area contributed by atoms with Gasteiger partial charge in [-0.25, -0.2) is 19.6 Å². The largest absolute Gasteiger partial charge is 0.488 e. The normalized spacial score (nSPS) is 17.2. The monoisotopic (exact) mass is 864 g/mol. The van der Waals surface area contributed by atoms with Gasteiger partial charge in [0.15, 0.2) is 0 Å². The Balaban J connectivity index is 1.13. The summed E-state index contributed by atoms with van der Waals surface area (Å²) in [5.41, 5.74) is 6.46. The predicted molar refractivity (Wildman–Crippen MR) is 239 cm³/mol. The molecule has 2 unspecified atom stereocenters. The van der Waals surface area contributed by atoms with E-state index in [1.54, 1.807) is 18.2 Å². The second-order valence-electron chi connectivity index (χ2n) is 17.4. The molecule has 1 saturated heterocycles. The van der Waals surface area contributed by atoms with Crippen LogP contribution in [0.25, 0.3) is 44.2 Å². The van der Waals surface area contributed by atoms with Crippen molar-refractivity contribution in [3.05, 3.63) is 65.9 Å². The first-order valence-corrected chi connectivity index (χ1v) is 21.8. The number of H-pyrrole nitrogens is 2. The third-order valence-electron chi connectivity index (χ3n) is 12.4. The molecule has 336 valence electrons. The molecular weight excluding hydrogens is 805 g/mol. The van der Waals surface area contributed by atoms with E-state index >= 15 is 0 Å². The zero-order valence-electron chi connectivity index (χ0n) is 37.7. The molecule has 1 fully saturated rings. The van der Waals surface area contributed by atoms with Crippen LogP contribution in [0.5, 0.6) is 5.75 Å². The van der Waals surface area contributed by atoms with Gasteiger partial charge in [-0.1, -0.05) is 52.8 Å². The van der Waals surface area contributed by atoms with Crippen LogP contribution in [0.15, 0.2) is 48.7 Å². The minimum Gasteiger partial charge on any atom is -0.488 e. The van der Waals surface area contributed by atoms with Gasteiger partial charge in [0.05, 0.1) is 56.3 Å². The molecule has 0 aliphatic carbocycles. The second-order valence-corrected chi connectivity index (χ2v) is 17.4. The smallest absolute Gasteiger partial charge is 0.407 e. The number of fused-ring (bicyclic) bond motifs is 6. The number of benzene rings is 3. The Labute approximate surface area is 367 Å². The molecule has 63 heavy (non-hydrogen) atoms. The lowest BCUT2D eigenvalue weighted by Crippen LogP contribution is -2.52. The quantitative estimate of drug-likeness (QED) is 0.0820. The van der Waals surface area contributed by atoms with Crippen LogP contribution in [0, 0.1) is 17.8 Å². The first kappa shape index (κ1) is 44.9. The maximum absolute atomic E-state index is 14.0. The Hall–Kier alpha value is -6.16. The average Bonchev–Trinajstić information content (AvgIpc) is 4.03. The van der Waals surface area contributed by atoms with Crippen molar-refractivity contribution >= 4 is 45.8 Å². The number of rotatable bonds is 15. The van der Waals surface area contributed by atoms with Crippen molar-refractivity contribution in [3.63, 3.8) is 0 Å². The van der Waals surface area contributed by atoms with Crippen LogP contribution >= 0.6 is 0 Å². The van der Waals surface area contributed by atoms with E-state index in [9.17, 15) is 19.2 Å². The fourth-order valence-corrected chi connectivity index (χ4v) is 8.86. The van der Waals surface area contributed by atoms with E-state index < -0.39 is 24.3 Å². The molecule has 16 nitrogen and oxygen atoms in total. The lowest BCUT2D eigenvalue weighted by Gasteiger charge is -2.32. The van der Waals surface area contributed by atoms with E-state index in [0.29, 0.717) is 31.4 Å². The summed E-state index contributed by atoms with van der Waals surface area (Å²) in [5, 5.41) is 7.39. The summed E-state index contributed by atoms with van der Waals surface area (Å²) in [5.74, 6) is 1.48. The molecule has 4 heterocycles.